The number of sulfonamides is 1. The van der Waals surface area contributed by atoms with Crippen LogP contribution >= 0.6 is 27.5 Å². The van der Waals surface area contributed by atoms with Crippen LogP contribution in [0.1, 0.15) is 27.9 Å². The van der Waals surface area contributed by atoms with Crippen LogP contribution in [0.25, 0.3) is 0 Å². The highest BCUT2D eigenvalue weighted by molar-refractivity contribution is 9.10. The average Bonchev–Trinajstić information content (AvgIpc) is 2.72. The van der Waals surface area contributed by atoms with Crippen LogP contribution in [-0.2, 0) is 16.6 Å². The Morgan fingerprint density at radius 3 is 2.46 bits per heavy atom. The first-order valence-electron chi connectivity index (χ1n) is 7.37. The summed E-state index contributed by atoms with van der Waals surface area (Å²) in [6.07, 6.45) is 0.122. The lowest BCUT2D eigenvalue weighted by atomic mass is 10.0. The summed E-state index contributed by atoms with van der Waals surface area (Å²) >= 11 is 9.61. The molecule has 0 aliphatic carbocycles. The zero-order valence-electron chi connectivity index (χ0n) is 12.9. The van der Waals surface area contributed by atoms with Crippen molar-refractivity contribution in [1.29, 1.82) is 0 Å². The number of halogens is 2. The number of hydrogen-bond acceptors (Lipinski definition) is 3. The molecule has 1 aliphatic heterocycles. The smallest absolute Gasteiger partial charge is 0.243 e. The van der Waals surface area contributed by atoms with Crippen LogP contribution in [-0.4, -0.2) is 25.1 Å². The SMILES string of the molecule is Cc1ccc(S(=O)(=O)N2CCC(=O)c3c(Br)ccc(Cl)c3C2)cc1. The maximum Gasteiger partial charge on any atom is 0.243 e. The van der Waals surface area contributed by atoms with Gasteiger partial charge in [-0.3, -0.25) is 4.79 Å². The maximum atomic E-state index is 12.9. The van der Waals surface area contributed by atoms with E-state index >= 15 is 0 Å². The van der Waals surface area contributed by atoms with E-state index in [2.05, 4.69) is 15.9 Å². The standard InChI is InChI=1S/C17H15BrClNO3S/c1-11-2-4-12(5-3-11)24(22,23)20-9-8-16(21)17-13(10-20)15(19)7-6-14(17)18/h2-7H,8-10H2,1H3. The predicted octanol–water partition coefficient (Wildman–Crippen LogP) is 4.19. The molecule has 0 bridgehead atoms. The van der Waals surface area contributed by atoms with E-state index in [9.17, 15) is 13.2 Å². The molecule has 0 atom stereocenters. The Balaban J connectivity index is 2.06. The van der Waals surface area contributed by atoms with Gasteiger partial charge in [-0.1, -0.05) is 45.2 Å². The third-order valence-corrected chi connectivity index (χ3v) is 6.94. The lowest BCUT2D eigenvalue weighted by Gasteiger charge is -2.21. The Morgan fingerprint density at radius 2 is 1.79 bits per heavy atom. The second-order valence-electron chi connectivity index (χ2n) is 5.71. The number of fused-ring (bicyclic) bond motifs is 1. The van der Waals surface area contributed by atoms with Gasteiger partial charge in [0.25, 0.3) is 0 Å². The van der Waals surface area contributed by atoms with Crippen molar-refractivity contribution in [1.82, 2.24) is 4.31 Å². The van der Waals surface area contributed by atoms with Gasteiger partial charge in [-0.15, -0.1) is 0 Å². The summed E-state index contributed by atoms with van der Waals surface area (Å²) in [6.45, 7) is 2.11. The van der Waals surface area contributed by atoms with E-state index in [1.165, 1.54) is 4.31 Å². The first-order chi connectivity index (χ1) is 11.3. The molecule has 1 aliphatic rings. The van der Waals surface area contributed by atoms with Gasteiger partial charge in [0.1, 0.15) is 0 Å². The molecule has 0 unspecified atom stereocenters. The number of Topliss-reactive ketones (excluding diaryl/α,β-unsaturated/α-hetero) is 1. The molecule has 0 spiro atoms. The maximum absolute atomic E-state index is 12.9. The van der Waals surface area contributed by atoms with E-state index in [0.717, 1.165) is 5.56 Å². The molecular formula is C17H15BrClNO3S. The van der Waals surface area contributed by atoms with Gasteiger partial charge < -0.3 is 0 Å². The number of aryl methyl sites for hydroxylation is 1. The number of hydrogen-bond donors (Lipinski definition) is 0. The van der Waals surface area contributed by atoms with Crippen LogP contribution in [0, 0.1) is 6.92 Å². The lowest BCUT2D eigenvalue weighted by molar-refractivity contribution is 0.0980. The summed E-state index contributed by atoms with van der Waals surface area (Å²) in [6, 6.07) is 10.1. The van der Waals surface area contributed by atoms with Gasteiger partial charge in [0.05, 0.1) is 4.90 Å². The van der Waals surface area contributed by atoms with Crippen LogP contribution in [0.15, 0.2) is 45.8 Å². The van der Waals surface area contributed by atoms with Gasteiger partial charge >= 0.3 is 0 Å². The monoisotopic (exact) mass is 427 g/mol. The van der Waals surface area contributed by atoms with Crippen LogP contribution in [0.4, 0.5) is 0 Å². The predicted molar refractivity (Wildman–Crippen MR) is 96.9 cm³/mol. The fourth-order valence-corrected chi connectivity index (χ4v) is 4.94. The van der Waals surface area contributed by atoms with Crippen molar-refractivity contribution >= 4 is 43.3 Å². The third-order valence-electron chi connectivity index (χ3n) is 4.07. The summed E-state index contributed by atoms with van der Waals surface area (Å²) in [5, 5.41) is 0.396. The zero-order valence-corrected chi connectivity index (χ0v) is 16.1. The van der Waals surface area contributed by atoms with Crippen molar-refractivity contribution in [2.24, 2.45) is 0 Å². The largest absolute Gasteiger partial charge is 0.294 e. The number of carbonyl (C=O) groups excluding carboxylic acids is 1. The van der Waals surface area contributed by atoms with Crippen molar-refractivity contribution < 1.29 is 13.2 Å². The van der Waals surface area contributed by atoms with Crippen molar-refractivity contribution in [2.45, 2.75) is 24.8 Å². The Labute approximate surface area is 154 Å². The fraction of sp³-hybridized carbons (Fsp3) is 0.235. The van der Waals surface area contributed by atoms with Crippen molar-refractivity contribution in [2.75, 3.05) is 6.54 Å². The minimum Gasteiger partial charge on any atom is -0.294 e. The summed E-state index contributed by atoms with van der Waals surface area (Å²) in [7, 11) is -3.69. The Kier molecular flexibility index (Phi) is 4.84. The van der Waals surface area contributed by atoms with Crippen LogP contribution in [0.2, 0.25) is 5.02 Å². The highest BCUT2D eigenvalue weighted by atomic mass is 79.9. The molecule has 0 saturated carbocycles. The van der Waals surface area contributed by atoms with Crippen molar-refractivity contribution in [3.8, 4) is 0 Å². The first kappa shape index (κ1) is 17.6. The van der Waals surface area contributed by atoms with E-state index in [4.69, 9.17) is 11.6 Å². The summed E-state index contributed by atoms with van der Waals surface area (Å²) in [5.74, 6) is -0.110. The Morgan fingerprint density at radius 1 is 1.12 bits per heavy atom. The van der Waals surface area contributed by atoms with E-state index in [1.807, 2.05) is 6.92 Å². The molecule has 2 aromatic carbocycles. The molecule has 24 heavy (non-hydrogen) atoms. The summed E-state index contributed by atoms with van der Waals surface area (Å²) in [5.41, 5.74) is 2.01. The molecule has 126 valence electrons. The summed E-state index contributed by atoms with van der Waals surface area (Å²) in [4.78, 5) is 12.6. The number of nitrogens with zero attached hydrogens (tertiary/aromatic N) is 1. The quantitative estimate of drug-likeness (QED) is 0.721. The number of ketones is 1. The molecule has 0 radical (unpaired) electrons. The zero-order chi connectivity index (χ0) is 17.5. The normalized spacial score (nSPS) is 15.9. The van der Waals surface area contributed by atoms with Crippen molar-refractivity contribution in [3.05, 3.63) is 62.6 Å². The minimum absolute atomic E-state index is 0.0789. The highest BCUT2D eigenvalue weighted by Gasteiger charge is 2.31. The highest BCUT2D eigenvalue weighted by Crippen LogP contribution is 2.33. The summed E-state index contributed by atoms with van der Waals surface area (Å²) < 4.78 is 27.8. The molecule has 0 saturated heterocycles. The minimum atomic E-state index is -3.69. The topological polar surface area (TPSA) is 54.5 Å². The van der Waals surface area contributed by atoms with E-state index in [1.54, 1.807) is 36.4 Å². The van der Waals surface area contributed by atoms with Gasteiger partial charge in [-0.25, -0.2) is 8.42 Å². The molecule has 7 heteroatoms. The van der Waals surface area contributed by atoms with Crippen LogP contribution in [0.3, 0.4) is 0 Å². The molecule has 1 heterocycles. The van der Waals surface area contributed by atoms with Crippen LogP contribution in [0.5, 0.6) is 0 Å². The Hall–Kier alpha value is -1.21. The van der Waals surface area contributed by atoms with Gasteiger partial charge in [0.2, 0.25) is 10.0 Å². The number of rotatable bonds is 2. The second kappa shape index (κ2) is 6.59. The number of carbonyl (C=O) groups is 1. The molecule has 0 aromatic heterocycles. The molecule has 3 rings (SSSR count). The molecule has 4 nitrogen and oxygen atoms in total. The fourth-order valence-electron chi connectivity index (χ4n) is 2.72. The van der Waals surface area contributed by atoms with E-state index in [0.29, 0.717) is 20.6 Å². The molecule has 0 N–H and O–H groups in total. The third kappa shape index (κ3) is 3.16. The molecule has 0 amide bonds. The number of benzene rings is 2. The van der Waals surface area contributed by atoms with Gasteiger partial charge in [-0.2, -0.15) is 4.31 Å². The molecule has 0 fully saturated rings. The Bertz CT molecular complexity index is 910. The first-order valence-corrected chi connectivity index (χ1v) is 9.98. The average molecular weight is 429 g/mol. The molecular weight excluding hydrogens is 414 g/mol. The van der Waals surface area contributed by atoms with E-state index < -0.39 is 10.0 Å². The molecule has 2 aromatic rings. The second-order valence-corrected chi connectivity index (χ2v) is 8.91. The van der Waals surface area contributed by atoms with Gasteiger partial charge in [0.15, 0.2) is 5.78 Å². The van der Waals surface area contributed by atoms with E-state index in [-0.39, 0.29) is 30.2 Å². The lowest BCUT2D eigenvalue weighted by Crippen LogP contribution is -2.31. The van der Waals surface area contributed by atoms with Gasteiger partial charge in [-0.05, 0) is 36.8 Å². The van der Waals surface area contributed by atoms with Crippen molar-refractivity contribution in [3.63, 3.8) is 0 Å². The van der Waals surface area contributed by atoms with Gasteiger partial charge in [0, 0.05) is 34.6 Å². The van der Waals surface area contributed by atoms with Crippen LogP contribution < -0.4 is 0 Å².